The molecule has 1 aromatic carbocycles. The molecule has 22 heavy (non-hydrogen) atoms. The quantitative estimate of drug-likeness (QED) is 0.828. The van der Waals surface area contributed by atoms with Crippen molar-refractivity contribution >= 4 is 11.8 Å². The molecule has 0 amide bonds. The third-order valence-electron chi connectivity index (χ3n) is 4.88. The van der Waals surface area contributed by atoms with Crippen LogP contribution in [0, 0.1) is 6.92 Å². The van der Waals surface area contributed by atoms with Gasteiger partial charge in [0.25, 0.3) is 0 Å². The molecule has 0 unspecified atom stereocenters. The third-order valence-corrected chi connectivity index (χ3v) is 5.82. The Hall–Kier alpha value is -0.710. The molecule has 2 heterocycles. The molecule has 0 aliphatic carbocycles. The summed E-state index contributed by atoms with van der Waals surface area (Å²) in [5.74, 6) is 3.68. The van der Waals surface area contributed by atoms with E-state index in [9.17, 15) is 0 Å². The summed E-state index contributed by atoms with van der Waals surface area (Å²) in [6, 6.07) is 9.11. The van der Waals surface area contributed by atoms with Crippen molar-refractivity contribution in [2.75, 3.05) is 50.8 Å². The minimum atomic E-state index is 0.801. The summed E-state index contributed by atoms with van der Waals surface area (Å²) in [5, 5.41) is 0. The van der Waals surface area contributed by atoms with E-state index in [-0.39, 0.29) is 0 Å². The average Bonchev–Trinajstić information content (AvgIpc) is 2.58. The van der Waals surface area contributed by atoms with Crippen LogP contribution in [-0.4, -0.2) is 66.7 Å². The van der Waals surface area contributed by atoms with Gasteiger partial charge in [0.1, 0.15) is 12.4 Å². The van der Waals surface area contributed by atoms with Gasteiger partial charge < -0.3 is 4.74 Å². The number of hydrogen-bond acceptors (Lipinski definition) is 4. The Morgan fingerprint density at radius 2 is 1.82 bits per heavy atom. The van der Waals surface area contributed by atoms with E-state index in [4.69, 9.17) is 4.74 Å². The van der Waals surface area contributed by atoms with Crippen LogP contribution < -0.4 is 4.74 Å². The van der Waals surface area contributed by atoms with Crippen LogP contribution in [0.1, 0.15) is 18.4 Å². The van der Waals surface area contributed by atoms with E-state index in [2.05, 4.69) is 46.7 Å². The van der Waals surface area contributed by atoms with Crippen LogP contribution in [-0.2, 0) is 0 Å². The zero-order chi connectivity index (χ0) is 15.2. The molecule has 0 atom stereocenters. The van der Waals surface area contributed by atoms with Crippen molar-refractivity contribution in [2.45, 2.75) is 25.8 Å². The van der Waals surface area contributed by atoms with Gasteiger partial charge in [0.05, 0.1) is 0 Å². The second-order valence-corrected chi connectivity index (χ2v) is 7.56. The van der Waals surface area contributed by atoms with Crippen LogP contribution in [0.2, 0.25) is 0 Å². The molecule has 4 heteroatoms. The number of likely N-dealkylation sites (tertiary alicyclic amines) is 1. The molecule has 1 aromatic rings. The number of para-hydroxylation sites is 1. The van der Waals surface area contributed by atoms with Gasteiger partial charge in [-0.15, -0.1) is 0 Å². The highest BCUT2D eigenvalue weighted by Gasteiger charge is 2.25. The largest absolute Gasteiger partial charge is 0.492 e. The van der Waals surface area contributed by atoms with Crippen LogP contribution in [0.4, 0.5) is 0 Å². The lowest BCUT2D eigenvalue weighted by Gasteiger charge is -2.40. The van der Waals surface area contributed by atoms with E-state index < -0.39 is 0 Å². The van der Waals surface area contributed by atoms with E-state index in [1.165, 1.54) is 56.1 Å². The van der Waals surface area contributed by atoms with Gasteiger partial charge in [-0.05, 0) is 44.5 Å². The normalized spacial score (nSPS) is 21.9. The molecule has 0 bridgehead atoms. The van der Waals surface area contributed by atoms with Crippen molar-refractivity contribution in [1.29, 1.82) is 0 Å². The zero-order valence-corrected chi connectivity index (χ0v) is 14.5. The summed E-state index contributed by atoms with van der Waals surface area (Å²) in [6.45, 7) is 9.01. The van der Waals surface area contributed by atoms with Gasteiger partial charge in [0.15, 0.2) is 0 Å². The molecule has 3 nitrogen and oxygen atoms in total. The molecule has 0 aromatic heterocycles. The monoisotopic (exact) mass is 320 g/mol. The third kappa shape index (κ3) is 4.40. The molecule has 2 aliphatic rings. The Morgan fingerprint density at radius 3 is 2.55 bits per heavy atom. The first-order valence-electron chi connectivity index (χ1n) is 8.55. The fraction of sp³-hybridized carbons (Fsp3) is 0.667. The second kappa shape index (κ2) is 8.23. The Morgan fingerprint density at radius 1 is 1.09 bits per heavy atom. The van der Waals surface area contributed by atoms with Gasteiger partial charge in [0.2, 0.25) is 0 Å². The number of hydrogen-bond donors (Lipinski definition) is 0. The standard InChI is InChI=1S/C18H28N2OS/c1-16-4-2-3-5-18(16)21-13-10-19-8-6-17(7-9-19)20-11-14-22-15-12-20/h2-5,17H,6-15H2,1H3. The summed E-state index contributed by atoms with van der Waals surface area (Å²) in [4.78, 5) is 5.28. The van der Waals surface area contributed by atoms with Crippen molar-refractivity contribution in [1.82, 2.24) is 9.80 Å². The molecule has 0 radical (unpaired) electrons. The smallest absolute Gasteiger partial charge is 0.122 e. The fourth-order valence-corrected chi connectivity index (χ4v) is 4.39. The summed E-state index contributed by atoms with van der Waals surface area (Å²) in [5.41, 5.74) is 1.23. The lowest BCUT2D eigenvalue weighted by molar-refractivity contribution is 0.106. The number of ether oxygens (including phenoxy) is 1. The summed E-state index contributed by atoms with van der Waals surface area (Å²) in [6.07, 6.45) is 2.66. The van der Waals surface area contributed by atoms with Gasteiger partial charge in [-0.3, -0.25) is 9.80 Å². The van der Waals surface area contributed by atoms with E-state index in [0.717, 1.165) is 24.9 Å². The van der Waals surface area contributed by atoms with Crippen LogP contribution in [0.5, 0.6) is 5.75 Å². The Bertz CT molecular complexity index is 454. The van der Waals surface area contributed by atoms with Crippen LogP contribution in [0.25, 0.3) is 0 Å². The highest BCUT2D eigenvalue weighted by molar-refractivity contribution is 7.99. The number of thioether (sulfide) groups is 1. The predicted octanol–water partition coefficient (Wildman–Crippen LogP) is 2.89. The van der Waals surface area contributed by atoms with Crippen molar-refractivity contribution < 1.29 is 4.74 Å². The molecule has 0 N–H and O–H groups in total. The Kier molecular flexibility index (Phi) is 6.04. The van der Waals surface area contributed by atoms with Crippen LogP contribution in [0.3, 0.4) is 0 Å². The topological polar surface area (TPSA) is 15.7 Å². The molecule has 2 fully saturated rings. The first kappa shape index (κ1) is 16.2. The molecule has 2 saturated heterocycles. The van der Waals surface area contributed by atoms with Gasteiger partial charge in [0, 0.05) is 37.2 Å². The predicted molar refractivity (Wildman–Crippen MR) is 95.0 cm³/mol. The van der Waals surface area contributed by atoms with Gasteiger partial charge in [-0.2, -0.15) is 11.8 Å². The molecule has 0 saturated carbocycles. The average molecular weight is 321 g/mol. The van der Waals surface area contributed by atoms with Gasteiger partial charge in [-0.1, -0.05) is 18.2 Å². The first-order chi connectivity index (χ1) is 10.8. The number of benzene rings is 1. The van der Waals surface area contributed by atoms with Crippen molar-refractivity contribution in [3.63, 3.8) is 0 Å². The Balaban J connectivity index is 1.36. The summed E-state index contributed by atoms with van der Waals surface area (Å²) >= 11 is 2.10. The molecular weight excluding hydrogens is 292 g/mol. The summed E-state index contributed by atoms with van der Waals surface area (Å²) < 4.78 is 5.93. The number of nitrogens with zero attached hydrogens (tertiary/aromatic N) is 2. The van der Waals surface area contributed by atoms with Crippen molar-refractivity contribution in [3.05, 3.63) is 29.8 Å². The van der Waals surface area contributed by atoms with E-state index in [1.807, 2.05) is 6.07 Å². The van der Waals surface area contributed by atoms with Gasteiger partial charge in [-0.25, -0.2) is 0 Å². The second-order valence-electron chi connectivity index (χ2n) is 6.34. The van der Waals surface area contributed by atoms with Crippen molar-refractivity contribution in [2.24, 2.45) is 0 Å². The molecule has 0 spiro atoms. The minimum Gasteiger partial charge on any atom is -0.492 e. The summed E-state index contributed by atoms with van der Waals surface area (Å²) in [7, 11) is 0. The van der Waals surface area contributed by atoms with E-state index in [0.29, 0.717) is 0 Å². The lowest BCUT2D eigenvalue weighted by atomic mass is 10.0. The number of aryl methyl sites for hydroxylation is 1. The van der Waals surface area contributed by atoms with Crippen LogP contribution in [0.15, 0.2) is 24.3 Å². The Labute approximate surface area is 139 Å². The number of piperidine rings is 1. The molecular formula is C18H28N2OS. The molecule has 122 valence electrons. The maximum atomic E-state index is 5.93. The van der Waals surface area contributed by atoms with E-state index in [1.54, 1.807) is 0 Å². The first-order valence-corrected chi connectivity index (χ1v) is 9.71. The highest BCUT2D eigenvalue weighted by Crippen LogP contribution is 2.21. The SMILES string of the molecule is Cc1ccccc1OCCN1CCC(N2CCSCC2)CC1. The van der Waals surface area contributed by atoms with Crippen molar-refractivity contribution in [3.8, 4) is 5.75 Å². The lowest BCUT2D eigenvalue weighted by Crippen LogP contribution is -2.48. The van der Waals surface area contributed by atoms with Crippen LogP contribution >= 0.6 is 11.8 Å². The minimum absolute atomic E-state index is 0.801. The van der Waals surface area contributed by atoms with E-state index >= 15 is 0 Å². The zero-order valence-electron chi connectivity index (χ0n) is 13.7. The fourth-order valence-electron chi connectivity index (χ4n) is 3.45. The highest BCUT2D eigenvalue weighted by atomic mass is 32.2. The number of rotatable bonds is 5. The van der Waals surface area contributed by atoms with Gasteiger partial charge >= 0.3 is 0 Å². The molecule has 2 aliphatic heterocycles. The maximum absolute atomic E-state index is 5.93. The maximum Gasteiger partial charge on any atom is 0.122 e. The molecule has 3 rings (SSSR count).